The molecule has 0 amide bonds. The topological polar surface area (TPSA) is 55.8 Å². The Morgan fingerprint density at radius 1 is 1.35 bits per heavy atom. The fraction of sp³-hybridized carbons (Fsp3) is 0.526. The summed E-state index contributed by atoms with van der Waals surface area (Å²) in [5, 5.41) is 10.3. The number of benzene rings is 1. The van der Waals surface area contributed by atoms with Crippen molar-refractivity contribution < 1.29 is 19.4 Å². The van der Waals surface area contributed by atoms with Crippen LogP contribution in [0.15, 0.2) is 43.0 Å². The average Bonchev–Trinajstić information content (AvgIpc) is 2.55. The summed E-state index contributed by atoms with van der Waals surface area (Å²) in [5.41, 5.74) is 1.12. The van der Waals surface area contributed by atoms with E-state index >= 15 is 0 Å². The molecule has 0 spiro atoms. The lowest BCUT2D eigenvalue weighted by Crippen LogP contribution is -2.26. The predicted octanol–water partition coefficient (Wildman–Crippen LogP) is 3.35. The number of hydrogen-bond donors (Lipinski definition) is 1. The maximum Gasteiger partial charge on any atom is 0.305 e. The van der Waals surface area contributed by atoms with Gasteiger partial charge >= 0.3 is 5.97 Å². The Morgan fingerprint density at radius 3 is 2.65 bits per heavy atom. The second-order valence-electron chi connectivity index (χ2n) is 5.95. The summed E-state index contributed by atoms with van der Waals surface area (Å²) >= 11 is 0. The summed E-state index contributed by atoms with van der Waals surface area (Å²) in [7, 11) is 1.38. The Kier molecular flexibility index (Phi) is 9.25. The Morgan fingerprint density at radius 2 is 2.04 bits per heavy atom. The zero-order chi connectivity index (χ0) is 17.1. The fourth-order valence-electron chi connectivity index (χ4n) is 2.44. The maximum absolute atomic E-state index is 11.4. The van der Waals surface area contributed by atoms with Crippen molar-refractivity contribution in [1.82, 2.24) is 0 Å². The van der Waals surface area contributed by atoms with Crippen LogP contribution in [0.2, 0.25) is 0 Å². The van der Waals surface area contributed by atoms with Crippen LogP contribution in [0.3, 0.4) is 0 Å². The quantitative estimate of drug-likeness (QED) is 0.502. The molecular weight excluding hydrogens is 292 g/mol. The van der Waals surface area contributed by atoms with Crippen molar-refractivity contribution in [3.8, 4) is 0 Å². The highest BCUT2D eigenvalue weighted by Gasteiger charge is 2.21. The first kappa shape index (κ1) is 19.4. The smallest absolute Gasteiger partial charge is 0.305 e. The number of hydrogen-bond acceptors (Lipinski definition) is 4. The summed E-state index contributed by atoms with van der Waals surface area (Å²) in [4.78, 5) is 11.4. The molecule has 1 aromatic carbocycles. The van der Waals surface area contributed by atoms with E-state index in [0.717, 1.165) is 5.56 Å². The van der Waals surface area contributed by atoms with Gasteiger partial charge in [-0.05, 0) is 24.3 Å². The van der Waals surface area contributed by atoms with Crippen molar-refractivity contribution in [3.05, 3.63) is 48.6 Å². The molecule has 1 aromatic rings. The van der Waals surface area contributed by atoms with E-state index in [1.165, 1.54) is 7.11 Å². The molecule has 0 aliphatic carbocycles. The van der Waals surface area contributed by atoms with Crippen molar-refractivity contribution >= 4 is 5.97 Å². The van der Waals surface area contributed by atoms with Crippen LogP contribution in [0, 0.1) is 11.8 Å². The van der Waals surface area contributed by atoms with Gasteiger partial charge in [0.1, 0.15) is 0 Å². The first-order valence-corrected chi connectivity index (χ1v) is 8.04. The predicted molar refractivity (Wildman–Crippen MR) is 90.8 cm³/mol. The molecule has 0 unspecified atom stereocenters. The molecule has 0 heterocycles. The maximum atomic E-state index is 11.4. The van der Waals surface area contributed by atoms with E-state index in [2.05, 4.69) is 6.58 Å². The molecule has 0 aliphatic heterocycles. The molecule has 1 rings (SSSR count). The van der Waals surface area contributed by atoms with Gasteiger partial charge in [-0.25, -0.2) is 0 Å². The van der Waals surface area contributed by atoms with Crippen molar-refractivity contribution in [2.24, 2.45) is 11.8 Å². The molecule has 0 saturated carbocycles. The first-order valence-electron chi connectivity index (χ1n) is 8.04. The third-order valence-electron chi connectivity index (χ3n) is 3.91. The summed E-state index contributed by atoms with van der Waals surface area (Å²) in [6, 6.07) is 9.94. The van der Waals surface area contributed by atoms with Gasteiger partial charge in [0.2, 0.25) is 0 Å². The van der Waals surface area contributed by atoms with Crippen LogP contribution in [0.4, 0.5) is 0 Å². The van der Waals surface area contributed by atoms with Crippen LogP contribution < -0.4 is 0 Å². The molecule has 128 valence electrons. The number of rotatable bonds is 11. The third-order valence-corrected chi connectivity index (χ3v) is 3.91. The van der Waals surface area contributed by atoms with Crippen molar-refractivity contribution in [2.45, 2.75) is 38.9 Å². The molecule has 0 bridgehead atoms. The zero-order valence-electron chi connectivity index (χ0n) is 14.1. The second-order valence-corrected chi connectivity index (χ2v) is 5.95. The van der Waals surface area contributed by atoms with E-state index in [1.807, 2.05) is 37.3 Å². The number of methoxy groups -OCH3 is 1. The summed E-state index contributed by atoms with van der Waals surface area (Å²) in [6.07, 6.45) is 2.79. The largest absolute Gasteiger partial charge is 0.469 e. The van der Waals surface area contributed by atoms with Crippen LogP contribution in [0.1, 0.15) is 31.7 Å². The number of allylic oxidation sites excluding steroid dienone is 1. The molecule has 4 heteroatoms. The molecule has 0 radical (unpaired) electrons. The van der Waals surface area contributed by atoms with Gasteiger partial charge in [0, 0.05) is 12.3 Å². The highest BCUT2D eigenvalue weighted by Crippen LogP contribution is 2.21. The van der Waals surface area contributed by atoms with Gasteiger partial charge in [-0.3, -0.25) is 4.79 Å². The Balaban J connectivity index is 2.36. The number of ether oxygens (including phenoxy) is 2. The lowest BCUT2D eigenvalue weighted by Gasteiger charge is -2.23. The fourth-order valence-corrected chi connectivity index (χ4v) is 2.44. The van der Waals surface area contributed by atoms with Gasteiger partial charge < -0.3 is 14.6 Å². The van der Waals surface area contributed by atoms with Crippen LogP contribution in [-0.2, 0) is 20.9 Å². The number of carbonyl (C=O) groups is 1. The number of aliphatic hydroxyl groups excluding tert-OH is 1. The molecule has 0 aromatic heterocycles. The van der Waals surface area contributed by atoms with Crippen molar-refractivity contribution in [2.75, 3.05) is 13.7 Å². The standard InChI is InChI=1S/C19H28O4/c1-4-8-17(12-19(21)22-3)11-18(20)15(2)13-23-14-16-9-6-5-7-10-16/h4-7,9-10,15,17-18,20H,1,8,11-14H2,2-3H3/t15-,17-,18+/m1/s1. The lowest BCUT2D eigenvalue weighted by molar-refractivity contribution is -0.142. The Bertz CT molecular complexity index is 458. The Labute approximate surface area is 139 Å². The summed E-state index contributed by atoms with van der Waals surface area (Å²) < 4.78 is 10.4. The van der Waals surface area contributed by atoms with Gasteiger partial charge in [-0.1, -0.05) is 43.3 Å². The molecular formula is C19H28O4. The normalized spacial score (nSPS) is 14.7. The minimum atomic E-state index is -0.514. The molecule has 23 heavy (non-hydrogen) atoms. The van der Waals surface area contributed by atoms with Crippen molar-refractivity contribution in [3.63, 3.8) is 0 Å². The van der Waals surface area contributed by atoms with Crippen LogP contribution in [0.5, 0.6) is 0 Å². The number of carbonyl (C=O) groups excluding carboxylic acids is 1. The van der Waals surface area contributed by atoms with Gasteiger partial charge in [-0.2, -0.15) is 0 Å². The third kappa shape index (κ3) is 7.95. The number of esters is 1. The van der Waals surface area contributed by atoms with E-state index in [0.29, 0.717) is 32.5 Å². The molecule has 0 aliphatic rings. The monoisotopic (exact) mass is 320 g/mol. The highest BCUT2D eigenvalue weighted by atomic mass is 16.5. The molecule has 0 fully saturated rings. The van der Waals surface area contributed by atoms with Crippen LogP contribution in [-0.4, -0.2) is 30.9 Å². The number of aliphatic hydroxyl groups is 1. The van der Waals surface area contributed by atoms with E-state index in [9.17, 15) is 9.90 Å². The van der Waals surface area contributed by atoms with E-state index in [1.54, 1.807) is 6.08 Å². The summed E-state index contributed by atoms with van der Waals surface area (Å²) in [6.45, 7) is 6.69. The van der Waals surface area contributed by atoms with Crippen LogP contribution >= 0.6 is 0 Å². The second kappa shape index (κ2) is 11.0. The molecule has 0 saturated heterocycles. The zero-order valence-corrected chi connectivity index (χ0v) is 14.1. The van der Waals surface area contributed by atoms with Crippen molar-refractivity contribution in [1.29, 1.82) is 0 Å². The van der Waals surface area contributed by atoms with Crippen LogP contribution in [0.25, 0.3) is 0 Å². The van der Waals surface area contributed by atoms with E-state index < -0.39 is 6.10 Å². The SMILES string of the molecule is C=CC[C@@H](CC(=O)OC)C[C@H](O)[C@H](C)COCc1ccccc1. The van der Waals surface area contributed by atoms with Gasteiger partial charge in [0.05, 0.1) is 26.4 Å². The first-order chi connectivity index (χ1) is 11.1. The Hall–Kier alpha value is -1.65. The molecule has 1 N–H and O–H groups in total. The molecule has 3 atom stereocenters. The average molecular weight is 320 g/mol. The lowest BCUT2D eigenvalue weighted by atomic mass is 9.90. The van der Waals surface area contributed by atoms with Gasteiger partial charge in [0.15, 0.2) is 0 Å². The van der Waals surface area contributed by atoms with E-state index in [4.69, 9.17) is 9.47 Å². The minimum absolute atomic E-state index is 0.00340. The summed E-state index contributed by atoms with van der Waals surface area (Å²) in [5.74, 6) is -0.202. The minimum Gasteiger partial charge on any atom is -0.469 e. The molecule has 4 nitrogen and oxygen atoms in total. The van der Waals surface area contributed by atoms with E-state index in [-0.39, 0.29) is 17.8 Å². The highest BCUT2D eigenvalue weighted by molar-refractivity contribution is 5.69. The van der Waals surface area contributed by atoms with Gasteiger partial charge in [-0.15, -0.1) is 6.58 Å². The van der Waals surface area contributed by atoms with Gasteiger partial charge in [0.25, 0.3) is 0 Å².